The van der Waals surface area contributed by atoms with Crippen LogP contribution in [0, 0.1) is 0 Å². The summed E-state index contributed by atoms with van der Waals surface area (Å²) in [5.41, 5.74) is 1.28. The fraction of sp³-hybridized carbons (Fsp3) is 0.667. The van der Waals surface area contributed by atoms with Crippen LogP contribution < -0.4 is 0 Å². The highest BCUT2D eigenvalue weighted by Gasteiger charge is 1.79. The normalized spacial score (nSPS) is 12.1. The van der Waals surface area contributed by atoms with Gasteiger partial charge in [-0.05, 0) is 13.8 Å². The fourth-order valence-electron chi connectivity index (χ4n) is 0.311. The molecule has 7 heavy (non-hydrogen) atoms. The summed E-state index contributed by atoms with van der Waals surface area (Å²) < 4.78 is 4.83. The van der Waals surface area contributed by atoms with Crippen molar-refractivity contribution in [2.24, 2.45) is 0 Å². The van der Waals surface area contributed by atoms with Gasteiger partial charge in [0.15, 0.2) is 0 Å². The summed E-state index contributed by atoms with van der Waals surface area (Å²) in [6.07, 6.45) is 2.05. The second-order valence-electron chi connectivity index (χ2n) is 1.57. The largest absolute Gasteiger partial charge is 0.380 e. The monoisotopic (exact) mass is 100 g/mol. The minimum Gasteiger partial charge on any atom is -0.380 e. The van der Waals surface area contributed by atoms with E-state index in [2.05, 4.69) is 0 Å². The Kier molecular flexibility index (Phi) is 3.71. The van der Waals surface area contributed by atoms with E-state index in [-0.39, 0.29) is 0 Å². The molecule has 0 saturated heterocycles. The van der Waals surface area contributed by atoms with Crippen LogP contribution in [0.25, 0.3) is 0 Å². The maximum absolute atomic E-state index is 4.83. The number of hydrogen-bond acceptors (Lipinski definition) is 1. The molecule has 0 rings (SSSR count). The standard InChI is InChI=1S/C6H12O/c1-4-6(2)5-7-3/h4H,5H2,1-3H3/b6-4-. The highest BCUT2D eigenvalue weighted by Crippen LogP contribution is 1.88. The van der Waals surface area contributed by atoms with Crippen molar-refractivity contribution in [2.45, 2.75) is 13.8 Å². The summed E-state index contributed by atoms with van der Waals surface area (Å²) in [7, 11) is 1.70. The lowest BCUT2D eigenvalue weighted by Gasteiger charge is -1.93. The van der Waals surface area contributed by atoms with Crippen LogP contribution in [0.15, 0.2) is 11.6 Å². The molecule has 0 aliphatic carbocycles. The summed E-state index contributed by atoms with van der Waals surface area (Å²) in [5, 5.41) is 0. The van der Waals surface area contributed by atoms with Gasteiger partial charge in [-0.15, -0.1) is 0 Å². The lowest BCUT2D eigenvalue weighted by atomic mass is 10.3. The minimum atomic E-state index is 0.760. The first-order valence-electron chi connectivity index (χ1n) is 2.42. The third kappa shape index (κ3) is 3.53. The summed E-state index contributed by atoms with van der Waals surface area (Å²) in [4.78, 5) is 0. The average molecular weight is 100 g/mol. The van der Waals surface area contributed by atoms with Crippen LogP contribution in [0.5, 0.6) is 0 Å². The van der Waals surface area contributed by atoms with E-state index in [1.807, 2.05) is 19.9 Å². The molecule has 0 bridgehead atoms. The Labute approximate surface area is 45.0 Å². The topological polar surface area (TPSA) is 9.23 Å². The Hall–Kier alpha value is -0.300. The maximum Gasteiger partial charge on any atom is 0.0670 e. The van der Waals surface area contributed by atoms with Crippen molar-refractivity contribution in [1.82, 2.24) is 0 Å². The van der Waals surface area contributed by atoms with Gasteiger partial charge in [0.1, 0.15) is 0 Å². The molecule has 0 aromatic rings. The van der Waals surface area contributed by atoms with Crippen LogP contribution >= 0.6 is 0 Å². The van der Waals surface area contributed by atoms with E-state index in [0.717, 1.165) is 6.61 Å². The quantitative estimate of drug-likeness (QED) is 0.479. The van der Waals surface area contributed by atoms with Gasteiger partial charge in [0.05, 0.1) is 6.61 Å². The highest BCUT2D eigenvalue weighted by atomic mass is 16.5. The van der Waals surface area contributed by atoms with Gasteiger partial charge in [0, 0.05) is 7.11 Å². The molecule has 0 aliphatic heterocycles. The highest BCUT2D eigenvalue weighted by molar-refractivity contribution is 4.94. The molecule has 0 fully saturated rings. The molecule has 0 heterocycles. The van der Waals surface area contributed by atoms with Gasteiger partial charge < -0.3 is 4.74 Å². The Bertz CT molecular complexity index is 64.6. The lowest BCUT2D eigenvalue weighted by molar-refractivity contribution is 0.226. The molecule has 0 aromatic heterocycles. The molecule has 0 amide bonds. The second kappa shape index (κ2) is 3.88. The van der Waals surface area contributed by atoms with Gasteiger partial charge in [0.25, 0.3) is 0 Å². The molecule has 0 aliphatic rings. The molecule has 0 aromatic carbocycles. The summed E-state index contributed by atoms with van der Waals surface area (Å²) in [6.45, 7) is 4.81. The van der Waals surface area contributed by atoms with Gasteiger partial charge >= 0.3 is 0 Å². The molecule has 1 nitrogen and oxygen atoms in total. The predicted molar refractivity (Wildman–Crippen MR) is 31.3 cm³/mol. The molecular weight excluding hydrogens is 88.1 g/mol. The number of rotatable bonds is 2. The Morgan fingerprint density at radius 3 is 2.43 bits per heavy atom. The van der Waals surface area contributed by atoms with E-state index in [9.17, 15) is 0 Å². The van der Waals surface area contributed by atoms with Crippen molar-refractivity contribution in [3.8, 4) is 0 Å². The Balaban J connectivity index is 3.17. The zero-order valence-corrected chi connectivity index (χ0v) is 5.19. The van der Waals surface area contributed by atoms with Crippen LogP contribution in [0.1, 0.15) is 13.8 Å². The van der Waals surface area contributed by atoms with Gasteiger partial charge in [0.2, 0.25) is 0 Å². The van der Waals surface area contributed by atoms with E-state index >= 15 is 0 Å². The zero-order valence-electron chi connectivity index (χ0n) is 5.19. The second-order valence-corrected chi connectivity index (χ2v) is 1.57. The lowest BCUT2D eigenvalue weighted by Crippen LogP contribution is -1.87. The molecule has 0 spiro atoms. The van der Waals surface area contributed by atoms with E-state index < -0.39 is 0 Å². The van der Waals surface area contributed by atoms with Crippen LogP contribution in [0.2, 0.25) is 0 Å². The fourth-order valence-corrected chi connectivity index (χ4v) is 0.311. The van der Waals surface area contributed by atoms with Gasteiger partial charge in [-0.25, -0.2) is 0 Å². The maximum atomic E-state index is 4.83. The molecule has 0 radical (unpaired) electrons. The van der Waals surface area contributed by atoms with Crippen molar-refractivity contribution in [3.05, 3.63) is 11.6 Å². The van der Waals surface area contributed by atoms with Crippen LogP contribution in [0.4, 0.5) is 0 Å². The average Bonchev–Trinajstić information content (AvgIpc) is 1.68. The molecule has 42 valence electrons. The molecule has 0 N–H and O–H groups in total. The third-order valence-corrected chi connectivity index (χ3v) is 0.865. The van der Waals surface area contributed by atoms with Crippen molar-refractivity contribution in [1.29, 1.82) is 0 Å². The van der Waals surface area contributed by atoms with Gasteiger partial charge in [-0.3, -0.25) is 0 Å². The number of allylic oxidation sites excluding steroid dienone is 1. The van der Waals surface area contributed by atoms with E-state index in [0.29, 0.717) is 0 Å². The first-order valence-corrected chi connectivity index (χ1v) is 2.42. The molecule has 1 heteroatoms. The Morgan fingerprint density at radius 1 is 1.71 bits per heavy atom. The first kappa shape index (κ1) is 6.70. The van der Waals surface area contributed by atoms with Crippen molar-refractivity contribution < 1.29 is 4.74 Å². The third-order valence-electron chi connectivity index (χ3n) is 0.865. The number of ether oxygens (including phenoxy) is 1. The first-order chi connectivity index (χ1) is 3.31. The van der Waals surface area contributed by atoms with Crippen molar-refractivity contribution in [2.75, 3.05) is 13.7 Å². The molecule has 0 saturated carbocycles. The zero-order chi connectivity index (χ0) is 5.70. The molecular formula is C6H12O. The predicted octanol–water partition coefficient (Wildman–Crippen LogP) is 1.60. The minimum absolute atomic E-state index is 0.760. The van der Waals surface area contributed by atoms with Crippen molar-refractivity contribution in [3.63, 3.8) is 0 Å². The van der Waals surface area contributed by atoms with Gasteiger partial charge in [-0.1, -0.05) is 11.6 Å². The van der Waals surface area contributed by atoms with Gasteiger partial charge in [-0.2, -0.15) is 0 Å². The van der Waals surface area contributed by atoms with E-state index in [1.165, 1.54) is 5.57 Å². The number of methoxy groups -OCH3 is 1. The van der Waals surface area contributed by atoms with Crippen LogP contribution in [-0.2, 0) is 4.74 Å². The van der Waals surface area contributed by atoms with Crippen molar-refractivity contribution >= 4 is 0 Å². The molecule has 0 atom stereocenters. The van der Waals surface area contributed by atoms with E-state index in [4.69, 9.17) is 4.74 Å². The molecule has 0 unspecified atom stereocenters. The summed E-state index contributed by atoms with van der Waals surface area (Å²) in [6, 6.07) is 0. The SMILES string of the molecule is C/C=C(/C)COC. The van der Waals surface area contributed by atoms with Crippen LogP contribution in [-0.4, -0.2) is 13.7 Å². The summed E-state index contributed by atoms with van der Waals surface area (Å²) >= 11 is 0. The summed E-state index contributed by atoms with van der Waals surface area (Å²) in [5.74, 6) is 0. The Morgan fingerprint density at radius 2 is 2.29 bits per heavy atom. The number of hydrogen-bond donors (Lipinski definition) is 0. The van der Waals surface area contributed by atoms with E-state index in [1.54, 1.807) is 7.11 Å². The smallest absolute Gasteiger partial charge is 0.0670 e. The van der Waals surface area contributed by atoms with Crippen LogP contribution in [0.3, 0.4) is 0 Å².